The molecule has 1 saturated heterocycles. The van der Waals surface area contributed by atoms with Crippen LogP contribution in [0.4, 0.5) is 0 Å². The molecule has 160 valence electrons. The van der Waals surface area contributed by atoms with E-state index in [0.29, 0.717) is 13.2 Å². The lowest BCUT2D eigenvalue weighted by atomic mass is 10.2. The number of likely N-dealkylation sites (tertiary alicyclic amines) is 1. The number of ether oxygens (including phenoxy) is 1. The van der Waals surface area contributed by atoms with E-state index in [1.807, 2.05) is 17.7 Å². The fourth-order valence-electron chi connectivity index (χ4n) is 3.92. The van der Waals surface area contributed by atoms with Gasteiger partial charge in [-0.25, -0.2) is 0 Å². The number of guanidine groups is 1. The van der Waals surface area contributed by atoms with Crippen LogP contribution in [0.25, 0.3) is 0 Å². The Kier molecular flexibility index (Phi) is 7.71. The van der Waals surface area contributed by atoms with Crippen LogP contribution in [0.3, 0.4) is 0 Å². The molecule has 0 aromatic carbocycles. The Morgan fingerprint density at radius 1 is 1.31 bits per heavy atom. The van der Waals surface area contributed by atoms with E-state index in [2.05, 4.69) is 38.6 Å². The Morgan fingerprint density at radius 3 is 2.76 bits per heavy atom. The number of furan rings is 1. The van der Waals surface area contributed by atoms with Gasteiger partial charge in [-0.1, -0.05) is 0 Å². The summed E-state index contributed by atoms with van der Waals surface area (Å²) in [5.41, 5.74) is 3.39. The molecule has 1 aliphatic heterocycles. The molecule has 2 aromatic heterocycles. The third-order valence-electron chi connectivity index (χ3n) is 5.61. The molecule has 1 aliphatic rings. The van der Waals surface area contributed by atoms with Gasteiger partial charge in [-0.2, -0.15) is 5.10 Å². The summed E-state index contributed by atoms with van der Waals surface area (Å²) < 4.78 is 12.9. The molecule has 0 aliphatic carbocycles. The van der Waals surface area contributed by atoms with Crippen molar-refractivity contribution in [3.63, 3.8) is 0 Å². The SMILES string of the molecule is CN=C(NCc1c(C)nn(CCOC)c1C)NCC(c1ccco1)N1CCCC1. The van der Waals surface area contributed by atoms with Gasteiger partial charge in [0.1, 0.15) is 5.76 Å². The van der Waals surface area contributed by atoms with Gasteiger partial charge in [0.2, 0.25) is 0 Å². The van der Waals surface area contributed by atoms with Crippen molar-refractivity contribution in [2.75, 3.05) is 40.4 Å². The van der Waals surface area contributed by atoms with Crippen LogP contribution < -0.4 is 10.6 Å². The van der Waals surface area contributed by atoms with E-state index < -0.39 is 0 Å². The van der Waals surface area contributed by atoms with Crippen LogP contribution in [-0.2, 0) is 17.8 Å². The van der Waals surface area contributed by atoms with Gasteiger partial charge < -0.3 is 19.8 Å². The Balaban J connectivity index is 1.58. The fraction of sp³-hybridized carbons (Fsp3) is 0.619. The number of rotatable bonds is 9. The highest BCUT2D eigenvalue weighted by Gasteiger charge is 2.25. The van der Waals surface area contributed by atoms with E-state index in [0.717, 1.165) is 49.3 Å². The summed E-state index contributed by atoms with van der Waals surface area (Å²) in [6.45, 7) is 9.21. The molecule has 8 nitrogen and oxygen atoms in total. The highest BCUT2D eigenvalue weighted by atomic mass is 16.5. The highest BCUT2D eigenvalue weighted by Crippen LogP contribution is 2.24. The Morgan fingerprint density at radius 2 is 2.10 bits per heavy atom. The number of methoxy groups -OCH3 is 1. The van der Waals surface area contributed by atoms with Crippen molar-refractivity contribution in [1.29, 1.82) is 0 Å². The van der Waals surface area contributed by atoms with E-state index >= 15 is 0 Å². The largest absolute Gasteiger partial charge is 0.468 e. The second-order valence-electron chi connectivity index (χ2n) is 7.45. The van der Waals surface area contributed by atoms with Gasteiger partial charge >= 0.3 is 0 Å². The van der Waals surface area contributed by atoms with Gasteiger partial charge in [0.25, 0.3) is 0 Å². The molecular weight excluding hydrogens is 368 g/mol. The lowest BCUT2D eigenvalue weighted by molar-refractivity contribution is 0.182. The Hall–Kier alpha value is -2.32. The van der Waals surface area contributed by atoms with E-state index in [1.54, 1.807) is 20.4 Å². The summed E-state index contributed by atoms with van der Waals surface area (Å²) in [5, 5.41) is 11.5. The average Bonchev–Trinajstić information content (AvgIpc) is 3.47. The number of nitrogens with one attached hydrogen (secondary N) is 2. The molecule has 0 saturated carbocycles. The van der Waals surface area contributed by atoms with E-state index in [-0.39, 0.29) is 6.04 Å². The van der Waals surface area contributed by atoms with Crippen LogP contribution in [0, 0.1) is 13.8 Å². The van der Waals surface area contributed by atoms with E-state index in [4.69, 9.17) is 9.15 Å². The summed E-state index contributed by atoms with van der Waals surface area (Å²) in [4.78, 5) is 6.88. The van der Waals surface area contributed by atoms with Gasteiger partial charge in [0, 0.05) is 38.5 Å². The minimum absolute atomic E-state index is 0.214. The summed E-state index contributed by atoms with van der Waals surface area (Å²) in [6, 6.07) is 4.23. The second kappa shape index (κ2) is 10.5. The predicted octanol–water partition coefficient (Wildman–Crippen LogP) is 2.24. The lowest BCUT2D eigenvalue weighted by Gasteiger charge is -2.26. The molecule has 8 heteroatoms. The molecule has 2 N–H and O–H groups in total. The Bertz CT molecular complexity index is 777. The maximum atomic E-state index is 5.71. The van der Waals surface area contributed by atoms with Crippen LogP contribution in [-0.4, -0.2) is 61.0 Å². The number of nitrogens with zero attached hydrogens (tertiary/aromatic N) is 4. The first kappa shape index (κ1) is 21.4. The molecule has 3 rings (SSSR count). The second-order valence-corrected chi connectivity index (χ2v) is 7.45. The molecule has 29 heavy (non-hydrogen) atoms. The normalized spacial score (nSPS) is 16.3. The first-order valence-electron chi connectivity index (χ1n) is 10.4. The quantitative estimate of drug-likeness (QED) is 0.495. The lowest BCUT2D eigenvalue weighted by Crippen LogP contribution is -2.42. The maximum absolute atomic E-state index is 5.71. The van der Waals surface area contributed by atoms with E-state index in [1.165, 1.54) is 18.4 Å². The number of hydrogen-bond acceptors (Lipinski definition) is 5. The summed E-state index contributed by atoms with van der Waals surface area (Å²) >= 11 is 0. The van der Waals surface area contributed by atoms with Crippen LogP contribution in [0.2, 0.25) is 0 Å². The Labute approximate surface area is 173 Å². The van der Waals surface area contributed by atoms with E-state index in [9.17, 15) is 0 Å². The van der Waals surface area contributed by atoms with Crippen molar-refractivity contribution in [1.82, 2.24) is 25.3 Å². The van der Waals surface area contributed by atoms with Gasteiger partial charge in [-0.3, -0.25) is 14.6 Å². The smallest absolute Gasteiger partial charge is 0.191 e. The van der Waals surface area contributed by atoms with Crippen molar-refractivity contribution in [3.05, 3.63) is 41.1 Å². The fourth-order valence-corrected chi connectivity index (χ4v) is 3.92. The topological polar surface area (TPSA) is 79.8 Å². The van der Waals surface area contributed by atoms with Crippen molar-refractivity contribution in [3.8, 4) is 0 Å². The monoisotopic (exact) mass is 402 g/mol. The van der Waals surface area contributed by atoms with Crippen LogP contribution in [0.1, 0.15) is 41.6 Å². The van der Waals surface area contributed by atoms with Crippen LogP contribution in [0.15, 0.2) is 27.8 Å². The molecule has 3 heterocycles. The standard InChI is InChI=1S/C21H34N6O2/c1-16-18(17(2)27(25-16)11-13-28-4)14-23-21(22-3)24-15-19(20-8-7-12-29-20)26-9-5-6-10-26/h7-8,12,19H,5-6,9-11,13-15H2,1-4H3,(H2,22,23,24). The number of aliphatic imine (C=N–C) groups is 1. The van der Waals surface area contributed by atoms with Gasteiger partial charge in [-0.15, -0.1) is 0 Å². The first-order valence-corrected chi connectivity index (χ1v) is 10.4. The molecule has 0 amide bonds. The average molecular weight is 403 g/mol. The van der Waals surface area contributed by atoms with Crippen molar-refractivity contribution < 1.29 is 9.15 Å². The zero-order valence-corrected chi connectivity index (χ0v) is 18.1. The summed E-state index contributed by atoms with van der Waals surface area (Å²) in [6.07, 6.45) is 4.24. The number of aromatic nitrogens is 2. The number of aryl methyl sites for hydroxylation is 1. The van der Waals surface area contributed by atoms with Crippen LogP contribution >= 0.6 is 0 Å². The highest BCUT2D eigenvalue weighted by molar-refractivity contribution is 5.79. The summed E-state index contributed by atoms with van der Waals surface area (Å²) in [5.74, 6) is 1.78. The van der Waals surface area contributed by atoms with Gasteiger partial charge in [0.05, 0.1) is 31.2 Å². The maximum Gasteiger partial charge on any atom is 0.191 e. The van der Waals surface area contributed by atoms with Crippen molar-refractivity contribution in [2.24, 2.45) is 4.99 Å². The molecular formula is C21H34N6O2. The molecule has 0 bridgehead atoms. The molecule has 1 atom stereocenters. The summed E-state index contributed by atoms with van der Waals surface area (Å²) in [7, 11) is 3.51. The minimum Gasteiger partial charge on any atom is -0.468 e. The number of hydrogen-bond donors (Lipinski definition) is 2. The molecule has 2 aromatic rings. The third-order valence-corrected chi connectivity index (χ3v) is 5.61. The zero-order chi connectivity index (χ0) is 20.6. The first-order chi connectivity index (χ1) is 14.1. The minimum atomic E-state index is 0.214. The molecule has 0 radical (unpaired) electrons. The molecule has 1 fully saturated rings. The predicted molar refractivity (Wildman–Crippen MR) is 114 cm³/mol. The molecule has 0 spiro atoms. The van der Waals surface area contributed by atoms with Crippen LogP contribution in [0.5, 0.6) is 0 Å². The van der Waals surface area contributed by atoms with Crippen molar-refractivity contribution >= 4 is 5.96 Å². The van der Waals surface area contributed by atoms with Gasteiger partial charge in [-0.05, 0) is 51.9 Å². The molecule has 1 unspecified atom stereocenters. The third kappa shape index (κ3) is 5.39. The van der Waals surface area contributed by atoms with Crippen molar-refractivity contribution in [2.45, 2.75) is 45.8 Å². The zero-order valence-electron chi connectivity index (χ0n) is 18.1. The van der Waals surface area contributed by atoms with Gasteiger partial charge in [0.15, 0.2) is 5.96 Å².